The molecular weight excluding hydrogens is 216 g/mol. The van der Waals surface area contributed by atoms with Gasteiger partial charge in [-0.15, -0.1) is 0 Å². The van der Waals surface area contributed by atoms with Gasteiger partial charge in [-0.25, -0.2) is 0 Å². The molecule has 2 aliphatic heterocycles. The number of rotatable bonds is 2. The van der Waals surface area contributed by atoms with Crippen molar-refractivity contribution in [3.63, 3.8) is 0 Å². The summed E-state index contributed by atoms with van der Waals surface area (Å²) in [5.74, 6) is -3.29. The first kappa shape index (κ1) is 11.3. The van der Waals surface area contributed by atoms with Gasteiger partial charge >= 0.3 is 11.9 Å². The molecule has 6 heteroatoms. The molecule has 90 valence electrons. The smallest absolute Gasteiger partial charge is 0.323 e. The third-order valence-electron chi connectivity index (χ3n) is 2.38. The summed E-state index contributed by atoms with van der Waals surface area (Å²) in [6, 6.07) is 0. The zero-order chi connectivity index (χ0) is 11.8. The molecule has 2 saturated heterocycles. The van der Waals surface area contributed by atoms with Crippen LogP contribution in [0.2, 0.25) is 0 Å². The number of cyclic esters (lactones) is 2. The Balaban J connectivity index is 1.99. The Morgan fingerprint density at radius 2 is 1.62 bits per heavy atom. The lowest BCUT2D eigenvalue weighted by molar-refractivity contribution is -0.242. The highest BCUT2D eigenvalue weighted by atomic mass is 16.7. The maximum atomic E-state index is 11.6. The van der Waals surface area contributed by atoms with Crippen LogP contribution in [0.3, 0.4) is 0 Å². The second-order valence-corrected chi connectivity index (χ2v) is 4.20. The summed E-state index contributed by atoms with van der Waals surface area (Å²) in [4.78, 5) is 23.1. The third kappa shape index (κ3) is 2.33. The minimum atomic E-state index is -1.18. The Labute approximate surface area is 92.8 Å². The van der Waals surface area contributed by atoms with Crippen molar-refractivity contribution in [2.75, 3.05) is 13.2 Å². The molecular formula is C10H14O6. The van der Waals surface area contributed by atoms with Gasteiger partial charge in [0.2, 0.25) is 0 Å². The van der Waals surface area contributed by atoms with Gasteiger partial charge < -0.3 is 18.9 Å². The van der Waals surface area contributed by atoms with Crippen LogP contribution in [-0.2, 0) is 28.5 Å². The van der Waals surface area contributed by atoms with Crippen LogP contribution in [0.15, 0.2) is 0 Å². The molecule has 0 radical (unpaired) electrons. The van der Waals surface area contributed by atoms with Gasteiger partial charge in [0.05, 0.1) is 13.2 Å². The highest BCUT2D eigenvalue weighted by Crippen LogP contribution is 2.27. The molecule has 6 nitrogen and oxygen atoms in total. The molecule has 0 amide bonds. The fourth-order valence-corrected chi connectivity index (χ4v) is 1.67. The van der Waals surface area contributed by atoms with Crippen molar-refractivity contribution in [3.05, 3.63) is 0 Å². The van der Waals surface area contributed by atoms with Gasteiger partial charge in [0.25, 0.3) is 5.79 Å². The van der Waals surface area contributed by atoms with Crippen molar-refractivity contribution in [1.82, 2.24) is 0 Å². The van der Waals surface area contributed by atoms with Gasteiger partial charge in [-0.1, -0.05) is 0 Å². The SMILES string of the molecule is CC1(C)OC(=O)C(CC2OCCO2)C(=O)O1. The van der Waals surface area contributed by atoms with E-state index in [1.807, 2.05) is 0 Å². The average molecular weight is 230 g/mol. The molecule has 0 aliphatic carbocycles. The van der Waals surface area contributed by atoms with Crippen LogP contribution in [0.1, 0.15) is 20.3 Å². The van der Waals surface area contributed by atoms with Gasteiger partial charge in [-0.3, -0.25) is 9.59 Å². The molecule has 0 atom stereocenters. The predicted octanol–water partition coefficient (Wildman–Crippen LogP) is 0.202. The Bertz CT molecular complexity index is 284. The number of hydrogen-bond donors (Lipinski definition) is 0. The normalized spacial score (nSPS) is 26.6. The van der Waals surface area contributed by atoms with E-state index in [4.69, 9.17) is 18.9 Å². The van der Waals surface area contributed by atoms with E-state index in [2.05, 4.69) is 0 Å². The molecule has 0 aromatic heterocycles. The van der Waals surface area contributed by atoms with Gasteiger partial charge in [-0.2, -0.15) is 0 Å². The molecule has 2 rings (SSSR count). The number of carbonyl (C=O) groups excluding carboxylic acids is 2. The van der Waals surface area contributed by atoms with Crippen LogP contribution in [0.4, 0.5) is 0 Å². The molecule has 16 heavy (non-hydrogen) atoms. The molecule has 0 saturated carbocycles. The first-order chi connectivity index (χ1) is 7.48. The van der Waals surface area contributed by atoms with E-state index < -0.39 is 29.9 Å². The van der Waals surface area contributed by atoms with Crippen molar-refractivity contribution in [3.8, 4) is 0 Å². The largest absolute Gasteiger partial charge is 0.422 e. The van der Waals surface area contributed by atoms with E-state index in [1.54, 1.807) is 0 Å². The van der Waals surface area contributed by atoms with Crippen molar-refractivity contribution in [1.29, 1.82) is 0 Å². The first-order valence-corrected chi connectivity index (χ1v) is 5.17. The third-order valence-corrected chi connectivity index (χ3v) is 2.38. The fourth-order valence-electron chi connectivity index (χ4n) is 1.67. The Morgan fingerprint density at radius 3 is 2.12 bits per heavy atom. The van der Waals surface area contributed by atoms with Crippen LogP contribution in [0, 0.1) is 5.92 Å². The molecule has 2 fully saturated rings. The van der Waals surface area contributed by atoms with E-state index in [9.17, 15) is 9.59 Å². The van der Waals surface area contributed by atoms with Gasteiger partial charge in [0.1, 0.15) is 0 Å². The van der Waals surface area contributed by atoms with E-state index in [-0.39, 0.29) is 6.42 Å². The molecule has 2 heterocycles. The van der Waals surface area contributed by atoms with Gasteiger partial charge in [0.15, 0.2) is 12.2 Å². The van der Waals surface area contributed by atoms with Crippen molar-refractivity contribution in [2.45, 2.75) is 32.3 Å². The van der Waals surface area contributed by atoms with Crippen LogP contribution in [-0.4, -0.2) is 37.2 Å². The van der Waals surface area contributed by atoms with Crippen molar-refractivity contribution in [2.24, 2.45) is 5.92 Å². The van der Waals surface area contributed by atoms with E-state index in [0.717, 1.165) is 0 Å². The maximum absolute atomic E-state index is 11.6. The van der Waals surface area contributed by atoms with Gasteiger partial charge in [0, 0.05) is 20.3 Å². The summed E-state index contributed by atoms with van der Waals surface area (Å²) >= 11 is 0. The number of carbonyl (C=O) groups is 2. The summed E-state index contributed by atoms with van der Waals surface area (Å²) < 4.78 is 20.3. The lowest BCUT2D eigenvalue weighted by Crippen LogP contribution is -2.47. The molecule has 0 bridgehead atoms. The van der Waals surface area contributed by atoms with Crippen LogP contribution >= 0.6 is 0 Å². The minimum Gasteiger partial charge on any atom is -0.422 e. The van der Waals surface area contributed by atoms with E-state index in [1.165, 1.54) is 13.8 Å². The number of hydrogen-bond acceptors (Lipinski definition) is 6. The highest BCUT2D eigenvalue weighted by Gasteiger charge is 2.44. The van der Waals surface area contributed by atoms with Crippen LogP contribution < -0.4 is 0 Å². The topological polar surface area (TPSA) is 71.1 Å². The summed E-state index contributed by atoms with van der Waals surface area (Å²) in [6.07, 6.45) is -0.375. The Kier molecular flexibility index (Phi) is 2.86. The van der Waals surface area contributed by atoms with Crippen molar-refractivity contribution < 1.29 is 28.5 Å². The fraction of sp³-hybridized carbons (Fsp3) is 0.800. The second-order valence-electron chi connectivity index (χ2n) is 4.20. The van der Waals surface area contributed by atoms with Crippen LogP contribution in [0.25, 0.3) is 0 Å². The number of esters is 2. The van der Waals surface area contributed by atoms with E-state index >= 15 is 0 Å². The summed E-state index contributed by atoms with van der Waals surface area (Å²) in [5.41, 5.74) is 0. The average Bonchev–Trinajstić information content (AvgIpc) is 2.62. The molecule has 0 aromatic carbocycles. The lowest BCUT2D eigenvalue weighted by atomic mass is 10.0. The summed E-state index contributed by atoms with van der Waals surface area (Å²) in [5, 5.41) is 0. The number of ether oxygens (including phenoxy) is 4. The second kappa shape index (κ2) is 4.03. The molecule has 0 spiro atoms. The van der Waals surface area contributed by atoms with E-state index in [0.29, 0.717) is 13.2 Å². The minimum absolute atomic E-state index is 0.147. The predicted molar refractivity (Wildman–Crippen MR) is 50.1 cm³/mol. The Morgan fingerprint density at radius 1 is 1.12 bits per heavy atom. The molecule has 0 unspecified atom stereocenters. The maximum Gasteiger partial charge on any atom is 0.323 e. The molecule has 2 aliphatic rings. The monoisotopic (exact) mass is 230 g/mol. The zero-order valence-corrected chi connectivity index (χ0v) is 9.23. The molecule has 0 N–H and O–H groups in total. The summed E-state index contributed by atoms with van der Waals surface area (Å²) in [7, 11) is 0. The zero-order valence-electron chi connectivity index (χ0n) is 9.23. The van der Waals surface area contributed by atoms with Crippen LogP contribution in [0.5, 0.6) is 0 Å². The first-order valence-electron chi connectivity index (χ1n) is 5.17. The quantitative estimate of drug-likeness (QED) is 0.498. The Hall–Kier alpha value is -1.14. The standard InChI is InChI=1S/C10H14O6/c1-10(2)15-8(11)6(9(12)16-10)5-7-13-3-4-14-7/h6-7H,3-5H2,1-2H3. The van der Waals surface area contributed by atoms with Crippen molar-refractivity contribution >= 4 is 11.9 Å². The lowest BCUT2D eigenvalue weighted by Gasteiger charge is -2.33. The van der Waals surface area contributed by atoms with Gasteiger partial charge in [-0.05, 0) is 0 Å². The highest BCUT2D eigenvalue weighted by molar-refractivity contribution is 5.96. The summed E-state index contributed by atoms with van der Waals surface area (Å²) in [6.45, 7) is 3.99. The molecule has 0 aromatic rings.